The average molecular weight is 249 g/mol. The average Bonchev–Trinajstić information content (AvgIpc) is 2.74. The minimum atomic E-state index is -0.354. The first-order valence-corrected chi connectivity index (χ1v) is 6.27. The predicted molar refractivity (Wildman–Crippen MR) is 71.7 cm³/mol. The molecule has 1 heterocycles. The van der Waals surface area contributed by atoms with Crippen molar-refractivity contribution in [3.8, 4) is 0 Å². The van der Waals surface area contributed by atoms with Gasteiger partial charge >= 0.3 is 0 Å². The first-order chi connectivity index (χ1) is 8.60. The lowest BCUT2D eigenvalue weighted by molar-refractivity contribution is -0.384. The van der Waals surface area contributed by atoms with Crippen LogP contribution < -0.4 is 5.32 Å². The number of benzene rings is 1. The molecule has 1 atom stereocenters. The molecule has 1 aromatic carbocycles. The number of nitro groups is 1. The third-order valence-corrected chi connectivity index (χ3v) is 3.44. The molecule has 5 heteroatoms. The van der Waals surface area contributed by atoms with Crippen LogP contribution in [0.3, 0.4) is 0 Å². The number of hydrogen-bond acceptors (Lipinski definition) is 4. The second-order valence-electron chi connectivity index (χ2n) is 4.99. The summed E-state index contributed by atoms with van der Waals surface area (Å²) in [6.07, 6.45) is 1.24. The molecule has 0 radical (unpaired) electrons. The van der Waals surface area contributed by atoms with E-state index in [-0.39, 0.29) is 10.6 Å². The maximum atomic E-state index is 10.8. The van der Waals surface area contributed by atoms with Crippen LogP contribution in [0.4, 0.5) is 11.4 Å². The van der Waals surface area contributed by atoms with Gasteiger partial charge in [-0.25, -0.2) is 0 Å². The molecule has 0 aromatic heterocycles. The lowest BCUT2D eigenvalue weighted by Crippen LogP contribution is -2.19. The summed E-state index contributed by atoms with van der Waals surface area (Å²) in [5.74, 6) is 0.756. The molecule has 98 valence electrons. The summed E-state index contributed by atoms with van der Waals surface area (Å²) in [7, 11) is 1.71. The molecule has 0 saturated carbocycles. The van der Waals surface area contributed by atoms with E-state index in [0.29, 0.717) is 5.69 Å². The third-order valence-electron chi connectivity index (χ3n) is 3.44. The molecule has 1 saturated heterocycles. The Labute approximate surface area is 107 Å². The summed E-state index contributed by atoms with van der Waals surface area (Å²) >= 11 is 0. The van der Waals surface area contributed by atoms with Gasteiger partial charge in [0, 0.05) is 26.2 Å². The zero-order chi connectivity index (χ0) is 13.1. The molecule has 1 aromatic rings. The van der Waals surface area contributed by atoms with Crippen molar-refractivity contribution in [2.45, 2.75) is 19.9 Å². The molecule has 0 aliphatic carbocycles. The number of hydrogen-bond donors (Lipinski definition) is 1. The molecule has 1 unspecified atom stereocenters. The fourth-order valence-corrected chi connectivity index (χ4v) is 2.47. The highest BCUT2D eigenvalue weighted by Crippen LogP contribution is 2.26. The SMILES string of the molecule is CNc1cc(CN2CCC(C)C2)ccc1[N+](=O)[O-]. The lowest BCUT2D eigenvalue weighted by atomic mass is 10.1. The van der Waals surface area contributed by atoms with Crippen LogP contribution in [-0.4, -0.2) is 30.0 Å². The summed E-state index contributed by atoms with van der Waals surface area (Å²) in [5.41, 5.74) is 1.85. The fourth-order valence-electron chi connectivity index (χ4n) is 2.47. The summed E-state index contributed by atoms with van der Waals surface area (Å²) < 4.78 is 0. The molecule has 1 N–H and O–H groups in total. The summed E-state index contributed by atoms with van der Waals surface area (Å²) in [5, 5.41) is 13.7. The van der Waals surface area contributed by atoms with Gasteiger partial charge in [0.05, 0.1) is 4.92 Å². The van der Waals surface area contributed by atoms with Crippen LogP contribution in [0.2, 0.25) is 0 Å². The Balaban J connectivity index is 2.12. The van der Waals surface area contributed by atoms with Crippen LogP contribution >= 0.6 is 0 Å². The second kappa shape index (κ2) is 5.35. The number of nitrogens with zero attached hydrogens (tertiary/aromatic N) is 2. The normalized spacial score (nSPS) is 20.0. The van der Waals surface area contributed by atoms with Crippen LogP contribution in [0.5, 0.6) is 0 Å². The van der Waals surface area contributed by atoms with Crippen molar-refractivity contribution in [3.05, 3.63) is 33.9 Å². The van der Waals surface area contributed by atoms with E-state index in [9.17, 15) is 10.1 Å². The van der Waals surface area contributed by atoms with E-state index < -0.39 is 0 Å². The van der Waals surface area contributed by atoms with Gasteiger partial charge < -0.3 is 5.32 Å². The fraction of sp³-hybridized carbons (Fsp3) is 0.538. The zero-order valence-electron chi connectivity index (χ0n) is 10.8. The van der Waals surface area contributed by atoms with Crippen molar-refractivity contribution in [2.75, 3.05) is 25.5 Å². The van der Waals surface area contributed by atoms with Gasteiger partial charge in [0.25, 0.3) is 5.69 Å². The van der Waals surface area contributed by atoms with Gasteiger partial charge in [-0.2, -0.15) is 0 Å². The first-order valence-electron chi connectivity index (χ1n) is 6.27. The Bertz CT molecular complexity index is 448. The predicted octanol–water partition coefficient (Wildman–Crippen LogP) is 2.48. The van der Waals surface area contributed by atoms with E-state index in [2.05, 4.69) is 17.1 Å². The van der Waals surface area contributed by atoms with Crippen molar-refractivity contribution in [1.29, 1.82) is 0 Å². The van der Waals surface area contributed by atoms with E-state index >= 15 is 0 Å². The largest absolute Gasteiger partial charge is 0.383 e. The highest BCUT2D eigenvalue weighted by atomic mass is 16.6. The van der Waals surface area contributed by atoms with Gasteiger partial charge in [-0.05, 0) is 30.5 Å². The smallest absolute Gasteiger partial charge is 0.292 e. The monoisotopic (exact) mass is 249 g/mol. The minimum absolute atomic E-state index is 0.135. The molecule has 0 amide bonds. The molecule has 5 nitrogen and oxygen atoms in total. The van der Waals surface area contributed by atoms with Crippen molar-refractivity contribution < 1.29 is 4.92 Å². The number of likely N-dealkylation sites (tertiary alicyclic amines) is 1. The van der Waals surface area contributed by atoms with Gasteiger partial charge in [0.15, 0.2) is 0 Å². The van der Waals surface area contributed by atoms with Gasteiger partial charge in [-0.1, -0.05) is 13.0 Å². The Morgan fingerprint density at radius 3 is 2.89 bits per heavy atom. The topological polar surface area (TPSA) is 58.4 Å². The maximum Gasteiger partial charge on any atom is 0.292 e. The summed E-state index contributed by atoms with van der Waals surface area (Å²) in [4.78, 5) is 12.9. The number of rotatable bonds is 4. The van der Waals surface area contributed by atoms with Gasteiger partial charge in [0.1, 0.15) is 5.69 Å². The van der Waals surface area contributed by atoms with Gasteiger partial charge in [-0.3, -0.25) is 15.0 Å². The molecule has 1 aliphatic rings. The number of anilines is 1. The molecule has 2 rings (SSSR count). The minimum Gasteiger partial charge on any atom is -0.383 e. The van der Waals surface area contributed by atoms with Crippen LogP contribution in [-0.2, 0) is 6.54 Å². The van der Waals surface area contributed by atoms with Crippen LogP contribution in [0, 0.1) is 16.0 Å². The van der Waals surface area contributed by atoms with E-state index in [0.717, 1.165) is 31.1 Å². The van der Waals surface area contributed by atoms with Crippen molar-refractivity contribution in [1.82, 2.24) is 4.90 Å². The van der Waals surface area contributed by atoms with E-state index in [1.54, 1.807) is 13.1 Å². The maximum absolute atomic E-state index is 10.8. The summed E-state index contributed by atoms with van der Waals surface area (Å²) in [6, 6.07) is 5.31. The quantitative estimate of drug-likeness (QED) is 0.658. The first kappa shape index (κ1) is 12.8. The molecule has 0 spiro atoms. The van der Waals surface area contributed by atoms with Crippen molar-refractivity contribution in [3.63, 3.8) is 0 Å². The Morgan fingerprint density at radius 1 is 1.56 bits per heavy atom. The Morgan fingerprint density at radius 2 is 2.33 bits per heavy atom. The third kappa shape index (κ3) is 2.79. The Kier molecular flexibility index (Phi) is 3.81. The highest BCUT2D eigenvalue weighted by molar-refractivity contribution is 5.62. The Hall–Kier alpha value is -1.62. The number of nitro benzene ring substituents is 1. The number of nitrogens with one attached hydrogen (secondary N) is 1. The van der Waals surface area contributed by atoms with Crippen LogP contribution in [0.25, 0.3) is 0 Å². The second-order valence-corrected chi connectivity index (χ2v) is 4.99. The van der Waals surface area contributed by atoms with Crippen LogP contribution in [0.15, 0.2) is 18.2 Å². The molecular formula is C13H19N3O2. The van der Waals surface area contributed by atoms with Crippen molar-refractivity contribution in [2.24, 2.45) is 5.92 Å². The lowest BCUT2D eigenvalue weighted by Gasteiger charge is -2.15. The van der Waals surface area contributed by atoms with Crippen molar-refractivity contribution >= 4 is 11.4 Å². The molecule has 1 fully saturated rings. The van der Waals surface area contributed by atoms with E-state index in [1.807, 2.05) is 12.1 Å². The standard InChI is InChI=1S/C13H19N3O2/c1-10-5-6-15(8-10)9-11-3-4-13(16(17)18)12(7-11)14-2/h3-4,7,10,14H,5-6,8-9H2,1-2H3. The molecule has 18 heavy (non-hydrogen) atoms. The van der Waals surface area contributed by atoms with E-state index in [4.69, 9.17) is 0 Å². The van der Waals surface area contributed by atoms with Gasteiger partial charge in [0.2, 0.25) is 0 Å². The van der Waals surface area contributed by atoms with Gasteiger partial charge in [-0.15, -0.1) is 0 Å². The zero-order valence-corrected chi connectivity index (χ0v) is 10.8. The molecule has 0 bridgehead atoms. The van der Waals surface area contributed by atoms with E-state index in [1.165, 1.54) is 6.42 Å². The summed E-state index contributed by atoms with van der Waals surface area (Å²) in [6.45, 7) is 5.37. The highest BCUT2D eigenvalue weighted by Gasteiger charge is 2.19. The van der Waals surface area contributed by atoms with Crippen LogP contribution in [0.1, 0.15) is 18.9 Å². The molecule has 1 aliphatic heterocycles. The molecular weight excluding hydrogens is 230 g/mol.